The molecular formula is C23H24F2N4O3. The number of ether oxygens (including phenoxy) is 1. The molecule has 3 rings (SSSR count). The Balaban J connectivity index is 1.94. The molecule has 0 radical (unpaired) electrons. The van der Waals surface area contributed by atoms with E-state index < -0.39 is 23.9 Å². The van der Waals surface area contributed by atoms with Gasteiger partial charge in [0.1, 0.15) is 12.0 Å². The van der Waals surface area contributed by atoms with Crippen molar-refractivity contribution in [1.82, 2.24) is 10.5 Å². The molecule has 168 valence electrons. The lowest BCUT2D eigenvalue weighted by atomic mass is 9.98. The molecule has 9 heteroatoms. The predicted molar refractivity (Wildman–Crippen MR) is 117 cm³/mol. The summed E-state index contributed by atoms with van der Waals surface area (Å²) in [5, 5.41) is 17.2. The van der Waals surface area contributed by atoms with Crippen molar-refractivity contribution in [3.05, 3.63) is 66.1 Å². The molecule has 0 bridgehead atoms. The highest BCUT2D eigenvalue weighted by atomic mass is 19.3. The van der Waals surface area contributed by atoms with Crippen LogP contribution in [0, 0.1) is 5.41 Å². The van der Waals surface area contributed by atoms with E-state index in [4.69, 9.17) is 14.7 Å². The largest absolute Gasteiger partial charge is 0.497 e. The minimum Gasteiger partial charge on any atom is -0.497 e. The van der Waals surface area contributed by atoms with E-state index in [-0.39, 0.29) is 0 Å². The fraction of sp³-hybridized carbons (Fsp3) is 0.261. The normalized spacial score (nSPS) is 13.2. The average molecular weight is 442 g/mol. The zero-order valence-electron chi connectivity index (χ0n) is 17.9. The number of methoxy groups -OCH3 is 1. The van der Waals surface area contributed by atoms with Crippen molar-refractivity contribution in [2.75, 3.05) is 12.4 Å². The molecule has 0 saturated heterocycles. The van der Waals surface area contributed by atoms with Gasteiger partial charge in [-0.25, -0.2) is 0 Å². The van der Waals surface area contributed by atoms with Crippen LogP contribution in [0.15, 0.2) is 59.4 Å². The third kappa shape index (κ3) is 5.29. The van der Waals surface area contributed by atoms with Gasteiger partial charge < -0.3 is 25.3 Å². The Hall–Kier alpha value is -3.75. The molecular weight excluding hydrogens is 418 g/mol. The zero-order chi connectivity index (χ0) is 23.3. The topological polar surface area (TPSA) is 100 Å². The van der Waals surface area contributed by atoms with Crippen LogP contribution in [0.4, 0.5) is 14.5 Å². The van der Waals surface area contributed by atoms with Gasteiger partial charge in [0.05, 0.1) is 25.4 Å². The number of alkyl halides is 2. The third-order valence-corrected chi connectivity index (χ3v) is 5.02. The van der Waals surface area contributed by atoms with E-state index >= 15 is 0 Å². The van der Waals surface area contributed by atoms with E-state index in [1.807, 2.05) is 6.07 Å². The van der Waals surface area contributed by atoms with Crippen molar-refractivity contribution in [2.45, 2.75) is 31.9 Å². The molecule has 0 aliphatic heterocycles. The first-order valence-electron chi connectivity index (χ1n) is 9.86. The lowest BCUT2D eigenvalue weighted by Gasteiger charge is -2.29. The van der Waals surface area contributed by atoms with E-state index in [9.17, 15) is 13.6 Å². The van der Waals surface area contributed by atoms with Crippen LogP contribution in [0.3, 0.4) is 0 Å². The molecule has 3 aromatic rings. The van der Waals surface area contributed by atoms with Crippen LogP contribution in [0.1, 0.15) is 31.0 Å². The second-order valence-electron chi connectivity index (χ2n) is 7.41. The fourth-order valence-corrected chi connectivity index (χ4v) is 3.23. The number of carbonyl (C=O) groups is 1. The van der Waals surface area contributed by atoms with Crippen molar-refractivity contribution in [2.24, 2.45) is 0 Å². The van der Waals surface area contributed by atoms with Gasteiger partial charge in [-0.15, -0.1) is 0 Å². The smallest absolute Gasteiger partial charge is 0.321 e. The number of carbonyl (C=O) groups excluding carboxylic acids is 1. The maximum atomic E-state index is 13.5. The van der Waals surface area contributed by atoms with Gasteiger partial charge in [-0.2, -0.15) is 8.78 Å². The number of anilines is 1. The number of halogens is 2. The highest BCUT2D eigenvalue weighted by Crippen LogP contribution is 2.30. The predicted octanol–water partition coefficient (Wildman–Crippen LogP) is 4.66. The van der Waals surface area contributed by atoms with Crippen molar-refractivity contribution >= 4 is 17.8 Å². The number of nitrogens with zero attached hydrogens (tertiary/aromatic N) is 1. The van der Waals surface area contributed by atoms with Crippen molar-refractivity contribution in [3.8, 4) is 16.9 Å². The van der Waals surface area contributed by atoms with Gasteiger partial charge in [0.15, 0.2) is 0 Å². The first-order chi connectivity index (χ1) is 15.2. The van der Waals surface area contributed by atoms with E-state index in [0.717, 1.165) is 16.7 Å². The lowest BCUT2D eigenvalue weighted by Crippen LogP contribution is -2.46. The second kappa shape index (κ2) is 9.59. The quantitative estimate of drug-likeness (QED) is 0.419. The average Bonchev–Trinajstić information content (AvgIpc) is 3.32. The molecule has 0 aliphatic rings. The Labute approximate surface area is 184 Å². The summed E-state index contributed by atoms with van der Waals surface area (Å²) in [5.74, 6) is -4.22. The summed E-state index contributed by atoms with van der Waals surface area (Å²) in [7, 11) is 1.55. The first-order valence-corrected chi connectivity index (χ1v) is 9.86. The summed E-state index contributed by atoms with van der Waals surface area (Å²) in [5.41, 5.74) is 3.49. The number of hydrogen-bond acceptors (Lipinski definition) is 6. The van der Waals surface area contributed by atoms with Gasteiger partial charge >= 0.3 is 5.92 Å². The van der Waals surface area contributed by atoms with Gasteiger partial charge in [0.25, 0.3) is 5.91 Å². The van der Waals surface area contributed by atoms with Crippen molar-refractivity contribution in [3.63, 3.8) is 0 Å². The summed E-state index contributed by atoms with van der Waals surface area (Å²) < 4.78 is 37.0. The standard InChI is InChI=1S/C23H24F2N4O3/c1-14(28-22(30)23(2,24)25)21(15-4-7-19(31-3)8-5-15)29-20-9-6-16(10-17(20)11-26)18-12-27-32-13-18/h4-14,21,26,29H,1-3H3,(H,28,30). The summed E-state index contributed by atoms with van der Waals surface area (Å²) in [6, 6.07) is 11.2. The molecule has 0 saturated carbocycles. The molecule has 3 N–H and O–H groups in total. The maximum absolute atomic E-state index is 13.5. The number of nitrogens with one attached hydrogen (secondary N) is 3. The molecule has 1 amide bonds. The van der Waals surface area contributed by atoms with Crippen LogP contribution < -0.4 is 15.4 Å². The summed E-state index contributed by atoms with van der Waals surface area (Å²) in [6.45, 7) is 2.20. The van der Waals surface area contributed by atoms with Gasteiger partial charge in [0, 0.05) is 30.0 Å². The molecule has 32 heavy (non-hydrogen) atoms. The van der Waals surface area contributed by atoms with Crippen LogP contribution in [0.5, 0.6) is 5.75 Å². The third-order valence-electron chi connectivity index (χ3n) is 5.02. The molecule has 1 heterocycles. The van der Waals surface area contributed by atoms with Gasteiger partial charge in [0.2, 0.25) is 0 Å². The minimum absolute atomic E-state index is 0.557. The van der Waals surface area contributed by atoms with Crippen LogP contribution in [-0.2, 0) is 4.79 Å². The number of aromatic nitrogens is 1. The fourth-order valence-electron chi connectivity index (χ4n) is 3.23. The van der Waals surface area contributed by atoms with Gasteiger partial charge in [-0.05, 0) is 42.3 Å². The number of rotatable bonds is 9. The lowest BCUT2D eigenvalue weighted by molar-refractivity contribution is -0.143. The maximum Gasteiger partial charge on any atom is 0.321 e. The van der Waals surface area contributed by atoms with Crippen LogP contribution >= 0.6 is 0 Å². The van der Waals surface area contributed by atoms with Crippen molar-refractivity contribution < 1.29 is 22.8 Å². The number of benzene rings is 2. The molecule has 2 atom stereocenters. The van der Waals surface area contributed by atoms with Crippen LogP contribution in [0.2, 0.25) is 0 Å². The van der Waals surface area contributed by atoms with E-state index in [0.29, 0.717) is 23.9 Å². The molecule has 0 fully saturated rings. The zero-order valence-corrected chi connectivity index (χ0v) is 17.9. The second-order valence-corrected chi connectivity index (χ2v) is 7.41. The number of amides is 1. The molecule has 2 unspecified atom stereocenters. The molecule has 0 aliphatic carbocycles. The SMILES string of the molecule is COc1ccc(C(Nc2ccc(-c3cnoc3)cc2C=N)C(C)NC(=O)C(C)(F)F)cc1. The molecule has 7 nitrogen and oxygen atoms in total. The minimum atomic E-state index is -3.50. The van der Waals surface area contributed by atoms with Gasteiger partial charge in [-0.3, -0.25) is 4.79 Å². The molecule has 1 aromatic heterocycles. The summed E-state index contributed by atoms with van der Waals surface area (Å²) in [4.78, 5) is 11.9. The molecule has 0 spiro atoms. The highest BCUT2D eigenvalue weighted by Gasteiger charge is 2.34. The van der Waals surface area contributed by atoms with E-state index in [1.165, 1.54) is 12.5 Å². The Morgan fingerprint density at radius 3 is 2.50 bits per heavy atom. The Morgan fingerprint density at radius 2 is 1.94 bits per heavy atom. The summed E-state index contributed by atoms with van der Waals surface area (Å²) >= 11 is 0. The molecule has 2 aromatic carbocycles. The van der Waals surface area contributed by atoms with Crippen molar-refractivity contribution in [1.29, 1.82) is 5.41 Å². The highest BCUT2D eigenvalue weighted by molar-refractivity contribution is 5.88. The Morgan fingerprint density at radius 1 is 1.22 bits per heavy atom. The van der Waals surface area contributed by atoms with Gasteiger partial charge in [-0.1, -0.05) is 23.4 Å². The Bertz CT molecular complexity index is 1060. The summed E-state index contributed by atoms with van der Waals surface area (Å²) in [6.07, 6.45) is 4.26. The Kier molecular flexibility index (Phi) is 6.87. The van der Waals surface area contributed by atoms with E-state index in [2.05, 4.69) is 15.8 Å². The number of hydrogen-bond donors (Lipinski definition) is 3. The first kappa shape index (κ1) is 22.9. The van der Waals surface area contributed by atoms with Crippen LogP contribution in [-0.4, -0.2) is 36.4 Å². The van der Waals surface area contributed by atoms with Crippen LogP contribution in [0.25, 0.3) is 11.1 Å². The van der Waals surface area contributed by atoms with E-state index in [1.54, 1.807) is 56.6 Å². The monoisotopic (exact) mass is 442 g/mol.